The second-order valence-electron chi connectivity index (χ2n) is 8.94. The molecular weight excluding hydrogens is 813 g/mol. The maximum absolute atomic E-state index is 4.22. The van der Waals surface area contributed by atoms with Gasteiger partial charge < -0.3 is 14.0 Å². The second kappa shape index (κ2) is 44.4. The van der Waals surface area contributed by atoms with Crippen LogP contribution in [0.3, 0.4) is 0 Å². The van der Waals surface area contributed by atoms with Crippen molar-refractivity contribution in [2.24, 2.45) is 12.0 Å². The number of aromatic nitrogens is 13. The summed E-state index contributed by atoms with van der Waals surface area (Å²) in [5.74, 6) is 0. The second-order valence-corrected chi connectivity index (χ2v) is 12.0. The molecule has 0 spiro atoms. The zero-order valence-electron chi connectivity index (χ0n) is 31.3. The van der Waals surface area contributed by atoms with E-state index in [1.54, 1.807) is 110 Å². The van der Waals surface area contributed by atoms with E-state index >= 15 is 0 Å². The van der Waals surface area contributed by atoms with Gasteiger partial charge in [0, 0.05) is 86.0 Å². The standard InChI is InChI=1S/2C5H5N.C4H6N2.2C4H5N.C4H4S.2C3H3NS.2C2H2N2O.C2H2N2S/c2*1-2-4-6-5-3-1;1-6-4-2-3-5-6;3*1-2-4-5-3-1;2*1-2-5-3-4-1;2*1-3-2-5-4-1;1-3-4-2-5-1/h2*1-5H;2-4H,1H3;1-3H,4H2;1-5H;1-4H;2*1-3H;3*1-2H. The number of thiazole rings is 2. The van der Waals surface area contributed by atoms with Gasteiger partial charge in [0.25, 0.3) is 0 Å². The minimum absolute atomic E-state index is 0.889. The van der Waals surface area contributed by atoms with Gasteiger partial charge in [-0.05, 0) is 59.3 Å². The predicted octanol–water partition coefficient (Wildman–Crippen LogP) is 8.94. The fraction of sp³-hybridized carbons (Fsp3) is 0.0526. The Morgan fingerprint density at radius 1 is 0.517 bits per heavy atom. The lowest BCUT2D eigenvalue weighted by Gasteiger charge is -1.77. The number of aliphatic imine (C=N–C) groups is 1. The zero-order chi connectivity index (χ0) is 41.2. The number of rotatable bonds is 0. The molecule has 16 nitrogen and oxygen atoms in total. The lowest BCUT2D eigenvalue weighted by Crippen LogP contribution is -1.83. The van der Waals surface area contributed by atoms with Crippen molar-refractivity contribution in [3.05, 3.63) is 210 Å². The lowest BCUT2D eigenvalue weighted by atomic mass is 10.5. The van der Waals surface area contributed by atoms with Crippen LogP contribution in [0.25, 0.3) is 0 Å². The van der Waals surface area contributed by atoms with E-state index in [9.17, 15) is 0 Å². The highest BCUT2D eigenvalue weighted by atomic mass is 32.1. The Bertz CT molecular complexity index is 1530. The summed E-state index contributed by atoms with van der Waals surface area (Å²) in [4.78, 5) is 28.6. The Balaban J connectivity index is 0.000000319. The Labute approximate surface area is 352 Å². The number of aromatic amines is 1. The fourth-order valence-corrected chi connectivity index (χ4v) is 3.97. The van der Waals surface area contributed by atoms with Gasteiger partial charge in [-0.1, -0.05) is 40.7 Å². The summed E-state index contributed by atoms with van der Waals surface area (Å²) in [6.07, 6.45) is 28.9. The third-order valence-corrected chi connectivity index (χ3v) is 6.88. The quantitative estimate of drug-likeness (QED) is 0.152. The summed E-state index contributed by atoms with van der Waals surface area (Å²) >= 11 is 6.41. The van der Waals surface area contributed by atoms with E-state index < -0.39 is 0 Å². The van der Waals surface area contributed by atoms with Gasteiger partial charge in [0.05, 0.1) is 17.6 Å². The number of hydrogen-bond donors (Lipinski definition) is 1. The first-order valence-electron chi connectivity index (χ1n) is 16.4. The molecule has 1 N–H and O–H groups in total. The maximum Gasteiger partial charge on any atom is 0.213 e. The number of nitrogens with zero attached hydrogens (tertiary/aromatic N) is 13. The molecule has 1 aliphatic heterocycles. The first-order valence-corrected chi connectivity index (χ1v) is 20.2. The van der Waals surface area contributed by atoms with Crippen LogP contribution in [-0.4, -0.2) is 77.9 Å². The molecule has 0 aromatic carbocycles. The van der Waals surface area contributed by atoms with Gasteiger partial charge in [-0.3, -0.25) is 29.6 Å². The summed E-state index contributed by atoms with van der Waals surface area (Å²) in [5.41, 5.74) is 6.94. The molecule has 10 aromatic heterocycles. The number of thiophene rings is 1. The molecule has 0 atom stereocenters. The number of pyridine rings is 2. The lowest BCUT2D eigenvalue weighted by molar-refractivity contribution is 0.416. The molecule has 0 fully saturated rings. The van der Waals surface area contributed by atoms with Gasteiger partial charge in [-0.2, -0.15) is 16.4 Å². The van der Waals surface area contributed by atoms with Gasteiger partial charge in [-0.15, -0.1) is 44.2 Å². The van der Waals surface area contributed by atoms with Crippen LogP contribution in [0.5, 0.6) is 0 Å². The van der Waals surface area contributed by atoms with Crippen LogP contribution in [0.2, 0.25) is 0 Å². The molecule has 0 radical (unpaired) electrons. The summed E-state index contributed by atoms with van der Waals surface area (Å²) < 4.78 is 10.2. The van der Waals surface area contributed by atoms with Crippen molar-refractivity contribution in [1.82, 2.24) is 65.2 Å². The third kappa shape index (κ3) is 41.8. The molecule has 10 aromatic rings. The van der Waals surface area contributed by atoms with Crippen LogP contribution in [0, 0.1) is 0 Å². The van der Waals surface area contributed by atoms with E-state index in [0.717, 1.165) is 6.54 Å². The van der Waals surface area contributed by atoms with Gasteiger partial charge in [0.15, 0.2) is 12.7 Å². The molecule has 11 rings (SSSR count). The minimum atomic E-state index is 0.889. The average molecular weight is 855 g/mol. The average Bonchev–Trinajstić information content (AvgIpc) is 4.15. The highest BCUT2D eigenvalue weighted by Gasteiger charge is 1.73. The summed E-state index contributed by atoms with van der Waals surface area (Å²) in [7, 11) is 1.89. The zero-order valence-corrected chi connectivity index (χ0v) is 34.5. The molecular formula is C38H42N14O2S4. The topological polar surface area (TPSA) is 201 Å². The highest BCUT2D eigenvalue weighted by molar-refractivity contribution is 7.08. The Morgan fingerprint density at radius 3 is 1.22 bits per heavy atom. The van der Waals surface area contributed by atoms with Crippen LogP contribution >= 0.6 is 45.3 Å². The first-order chi connectivity index (χ1) is 28.9. The van der Waals surface area contributed by atoms with Crippen molar-refractivity contribution in [2.45, 2.75) is 0 Å². The molecule has 1 aliphatic rings. The Kier molecular flexibility index (Phi) is 37.5. The summed E-state index contributed by atoms with van der Waals surface area (Å²) in [6, 6.07) is 21.2. The van der Waals surface area contributed by atoms with Crippen molar-refractivity contribution in [1.29, 1.82) is 0 Å². The molecule has 20 heteroatoms. The van der Waals surface area contributed by atoms with Crippen molar-refractivity contribution in [3.63, 3.8) is 0 Å². The van der Waals surface area contributed by atoms with E-state index in [0.29, 0.717) is 0 Å². The van der Waals surface area contributed by atoms with Gasteiger partial charge in [-0.25, -0.2) is 9.97 Å². The Morgan fingerprint density at radius 2 is 1.09 bits per heavy atom. The van der Waals surface area contributed by atoms with Crippen LogP contribution in [-0.2, 0) is 7.05 Å². The number of H-pyrrole nitrogens is 1. The van der Waals surface area contributed by atoms with E-state index in [-0.39, 0.29) is 0 Å². The molecule has 0 unspecified atom stereocenters. The van der Waals surface area contributed by atoms with E-state index in [4.69, 9.17) is 0 Å². The third-order valence-electron chi connectivity index (χ3n) is 4.77. The smallest absolute Gasteiger partial charge is 0.213 e. The van der Waals surface area contributed by atoms with Crippen molar-refractivity contribution >= 4 is 51.6 Å². The SMILES string of the molecule is C1=CCN=C1.Cn1cccn1.c1cc[nH]c1.c1ccncc1.c1ccncc1.c1ccsc1.c1cscn1.c1cscn1.c1ncon1.c1ncon1.c1nncs1. The van der Waals surface area contributed by atoms with E-state index in [2.05, 4.69) is 74.5 Å². The molecule has 0 saturated carbocycles. The predicted molar refractivity (Wildman–Crippen MR) is 232 cm³/mol. The van der Waals surface area contributed by atoms with Crippen LogP contribution in [0.15, 0.2) is 224 Å². The first kappa shape index (κ1) is 49.0. The highest BCUT2D eigenvalue weighted by Crippen LogP contribution is 1.91. The van der Waals surface area contributed by atoms with Crippen molar-refractivity contribution < 1.29 is 9.05 Å². The Hall–Kier alpha value is -7.00. The molecule has 0 saturated heterocycles. The number of allylic oxidation sites excluding steroid dienone is 1. The molecule has 58 heavy (non-hydrogen) atoms. The monoisotopic (exact) mass is 854 g/mol. The maximum atomic E-state index is 4.22. The molecule has 0 bridgehead atoms. The van der Waals surface area contributed by atoms with Crippen molar-refractivity contribution in [3.8, 4) is 0 Å². The summed E-state index contributed by atoms with van der Waals surface area (Å²) in [5, 5.41) is 25.2. The van der Waals surface area contributed by atoms with Crippen LogP contribution < -0.4 is 0 Å². The number of hydrogen-bond acceptors (Lipinski definition) is 18. The van der Waals surface area contributed by atoms with E-state index in [1.165, 1.54) is 36.8 Å². The molecule has 0 aliphatic carbocycles. The van der Waals surface area contributed by atoms with Crippen molar-refractivity contribution in [2.75, 3.05) is 6.54 Å². The van der Waals surface area contributed by atoms with Gasteiger partial charge in [0.2, 0.25) is 12.8 Å². The summed E-state index contributed by atoms with van der Waals surface area (Å²) in [6.45, 7) is 0.889. The van der Waals surface area contributed by atoms with Gasteiger partial charge >= 0.3 is 0 Å². The number of nitrogens with one attached hydrogen (secondary N) is 1. The van der Waals surface area contributed by atoms with Gasteiger partial charge in [0.1, 0.15) is 11.0 Å². The molecule has 300 valence electrons. The molecule has 11 heterocycles. The molecule has 0 amide bonds. The van der Waals surface area contributed by atoms with Crippen LogP contribution in [0.4, 0.5) is 0 Å². The number of aryl methyl sites for hydroxylation is 1. The minimum Gasteiger partial charge on any atom is -0.368 e. The van der Waals surface area contributed by atoms with E-state index in [1.807, 2.05) is 126 Å². The largest absolute Gasteiger partial charge is 0.368 e. The van der Waals surface area contributed by atoms with Crippen LogP contribution in [0.1, 0.15) is 0 Å². The fourth-order valence-electron chi connectivity index (χ4n) is 2.54. The normalized spacial score (nSPS) is 8.91.